The van der Waals surface area contributed by atoms with Crippen LogP contribution < -0.4 is 11.1 Å². The van der Waals surface area contributed by atoms with Crippen LogP contribution in [0.15, 0.2) is 12.1 Å². The highest BCUT2D eigenvalue weighted by molar-refractivity contribution is 6.00. The van der Waals surface area contributed by atoms with Gasteiger partial charge in [-0.1, -0.05) is 17.8 Å². The molecule has 0 radical (unpaired) electrons. The lowest BCUT2D eigenvalue weighted by Gasteiger charge is -2.21. The summed E-state index contributed by atoms with van der Waals surface area (Å²) in [7, 11) is 3.34. The first-order valence-corrected chi connectivity index (χ1v) is 13.8. The number of amides is 1. The second kappa shape index (κ2) is 11.2. The minimum absolute atomic E-state index is 0.0568. The van der Waals surface area contributed by atoms with E-state index in [9.17, 15) is 9.90 Å². The Bertz CT molecular complexity index is 1610. The van der Waals surface area contributed by atoms with Crippen molar-refractivity contribution < 1.29 is 19.0 Å². The molecule has 216 valence electrons. The fraction of sp³-hybridized carbons (Fsp3) is 0.500. The average molecular weight is 562 g/mol. The van der Waals surface area contributed by atoms with Gasteiger partial charge in [-0.15, -0.1) is 0 Å². The van der Waals surface area contributed by atoms with Gasteiger partial charge in [0.1, 0.15) is 28.6 Å². The van der Waals surface area contributed by atoms with Crippen molar-refractivity contribution in [3.8, 4) is 23.7 Å². The molecule has 4 N–H and O–H groups in total. The lowest BCUT2D eigenvalue weighted by molar-refractivity contribution is 0.100. The Hall–Kier alpha value is -3.90. The van der Waals surface area contributed by atoms with Gasteiger partial charge in [0, 0.05) is 38.9 Å². The summed E-state index contributed by atoms with van der Waals surface area (Å²) in [5.74, 6) is 11.8. The minimum Gasteiger partial charge on any atom is -0.383 e. The summed E-state index contributed by atoms with van der Waals surface area (Å²) in [6.07, 6.45) is 2.83. The molecule has 1 aromatic carbocycles. The normalized spacial score (nSPS) is 19.1. The van der Waals surface area contributed by atoms with E-state index in [1.54, 1.807) is 38.8 Å². The highest BCUT2D eigenvalue weighted by Gasteiger charge is 2.36. The third-order valence-electron chi connectivity index (χ3n) is 7.46. The Morgan fingerprint density at radius 1 is 1.29 bits per heavy atom. The zero-order valence-corrected chi connectivity index (χ0v) is 24.1. The van der Waals surface area contributed by atoms with Gasteiger partial charge in [0.2, 0.25) is 0 Å². The van der Waals surface area contributed by atoms with Gasteiger partial charge in [-0.05, 0) is 52.0 Å². The van der Waals surface area contributed by atoms with Crippen LogP contribution in [0.5, 0.6) is 0 Å². The van der Waals surface area contributed by atoms with E-state index in [1.807, 2.05) is 6.92 Å². The number of carbonyl (C=O) groups excluding carboxylic acids is 1. The summed E-state index contributed by atoms with van der Waals surface area (Å²) in [5.41, 5.74) is 6.63. The molecule has 41 heavy (non-hydrogen) atoms. The van der Waals surface area contributed by atoms with Crippen molar-refractivity contribution in [3.05, 3.63) is 40.6 Å². The summed E-state index contributed by atoms with van der Waals surface area (Å²) in [4.78, 5) is 19.3. The predicted molar refractivity (Wildman–Crippen MR) is 154 cm³/mol. The van der Waals surface area contributed by atoms with Crippen LogP contribution in [-0.2, 0) is 4.74 Å². The van der Waals surface area contributed by atoms with Crippen LogP contribution in [0.2, 0.25) is 0 Å². The van der Waals surface area contributed by atoms with Crippen LogP contribution in [0.1, 0.15) is 72.6 Å². The maximum atomic E-state index is 15.2. The molecule has 2 aliphatic rings. The van der Waals surface area contributed by atoms with E-state index in [4.69, 9.17) is 10.5 Å². The molecular formula is C30H36FN7O3. The Balaban J connectivity index is 1.48. The van der Waals surface area contributed by atoms with E-state index < -0.39 is 17.3 Å². The molecule has 1 aliphatic carbocycles. The maximum absolute atomic E-state index is 15.2. The lowest BCUT2D eigenvalue weighted by Crippen LogP contribution is -2.33. The van der Waals surface area contributed by atoms with Crippen LogP contribution in [0.25, 0.3) is 11.0 Å². The molecule has 1 saturated heterocycles. The summed E-state index contributed by atoms with van der Waals surface area (Å²) in [6.45, 7) is 6.73. The molecule has 2 aromatic heterocycles. The third kappa shape index (κ3) is 5.94. The van der Waals surface area contributed by atoms with E-state index in [0.717, 1.165) is 24.2 Å². The number of hydrogen-bond acceptors (Lipinski definition) is 7. The number of anilines is 1. The molecule has 11 heteroatoms. The first-order chi connectivity index (χ1) is 19.5. The first kappa shape index (κ1) is 28.6. The molecule has 1 amide bonds. The van der Waals surface area contributed by atoms with E-state index >= 15 is 4.39 Å². The summed E-state index contributed by atoms with van der Waals surface area (Å²) >= 11 is 0. The number of halogens is 1. The van der Waals surface area contributed by atoms with Gasteiger partial charge in [0.05, 0.1) is 35.8 Å². The third-order valence-corrected chi connectivity index (χ3v) is 7.46. The zero-order chi connectivity index (χ0) is 29.5. The number of imidazole rings is 1. The molecule has 0 unspecified atom stereocenters. The van der Waals surface area contributed by atoms with E-state index in [1.165, 1.54) is 6.07 Å². The molecule has 1 saturated carbocycles. The molecule has 2 fully saturated rings. The average Bonchev–Trinajstić information content (AvgIpc) is 3.41. The standard InChI is InChI=1S/C30H36FN7O3/c1-18-34-25-13-19(23(31)15-26(25)37(18)20-8-9-20)7-10-24-27(28(32)39)29(33-4)38(35-24)21-14-22(17-41-5)36(16-21)12-6-11-30(2,3)40/h13,15,20-22,33,40H,8-9,12,14,16-17H2,1-5H3,(H2,32,39)/t21-,22+/m0/s1. The number of aromatic nitrogens is 4. The van der Waals surface area contributed by atoms with Crippen molar-refractivity contribution in [2.45, 2.75) is 63.8 Å². The highest BCUT2D eigenvalue weighted by atomic mass is 19.1. The first-order valence-electron chi connectivity index (χ1n) is 13.8. The lowest BCUT2D eigenvalue weighted by atomic mass is 10.1. The van der Waals surface area contributed by atoms with Gasteiger partial charge < -0.3 is 25.5 Å². The number of carbonyl (C=O) groups is 1. The fourth-order valence-corrected chi connectivity index (χ4v) is 5.56. The number of rotatable bonds is 7. The molecule has 5 rings (SSSR count). The van der Waals surface area contributed by atoms with Crippen molar-refractivity contribution in [3.63, 3.8) is 0 Å². The number of aryl methyl sites for hydroxylation is 1. The zero-order valence-electron chi connectivity index (χ0n) is 24.1. The van der Waals surface area contributed by atoms with E-state index in [0.29, 0.717) is 43.5 Å². The maximum Gasteiger partial charge on any atom is 0.255 e. The molecule has 10 nitrogen and oxygen atoms in total. The second-order valence-electron chi connectivity index (χ2n) is 11.3. The highest BCUT2D eigenvalue weighted by Crippen LogP contribution is 2.39. The Labute approximate surface area is 239 Å². The van der Waals surface area contributed by atoms with Crippen molar-refractivity contribution in [2.75, 3.05) is 39.2 Å². The number of nitrogens with two attached hydrogens (primary N) is 1. The number of ether oxygens (including phenoxy) is 1. The van der Waals surface area contributed by atoms with Crippen LogP contribution in [-0.4, -0.2) is 80.7 Å². The van der Waals surface area contributed by atoms with E-state index in [2.05, 4.69) is 48.5 Å². The monoisotopic (exact) mass is 561 g/mol. The number of nitrogens with zero attached hydrogens (tertiary/aromatic N) is 5. The Kier molecular flexibility index (Phi) is 7.80. The van der Waals surface area contributed by atoms with Gasteiger partial charge in [0.25, 0.3) is 5.91 Å². The summed E-state index contributed by atoms with van der Waals surface area (Å²) in [5, 5.41) is 17.7. The van der Waals surface area contributed by atoms with Crippen LogP contribution in [0, 0.1) is 36.4 Å². The predicted octanol–water partition coefficient (Wildman–Crippen LogP) is 2.59. The summed E-state index contributed by atoms with van der Waals surface area (Å²) < 4.78 is 24.4. The SMILES string of the molecule is CNc1c(C(N)=O)c(C#Cc2cc3nc(C)n(C4CC4)c3cc2F)nn1[C@H]1C[C@H](COC)N(CC#CC(C)(C)O)C1. The molecule has 3 aromatic rings. The molecule has 0 spiro atoms. The molecule has 2 atom stereocenters. The second-order valence-corrected chi connectivity index (χ2v) is 11.3. The topological polar surface area (TPSA) is 123 Å². The number of fused-ring (bicyclic) bond motifs is 1. The number of aliphatic hydroxyl groups is 1. The largest absolute Gasteiger partial charge is 0.383 e. The quantitative estimate of drug-likeness (QED) is 0.379. The molecule has 3 heterocycles. The van der Waals surface area contributed by atoms with Crippen LogP contribution >= 0.6 is 0 Å². The van der Waals surface area contributed by atoms with Gasteiger partial charge >= 0.3 is 0 Å². The smallest absolute Gasteiger partial charge is 0.255 e. The van der Waals surface area contributed by atoms with Gasteiger partial charge in [-0.25, -0.2) is 14.1 Å². The molecule has 1 aliphatic heterocycles. The van der Waals surface area contributed by atoms with Crippen molar-refractivity contribution in [1.29, 1.82) is 0 Å². The molecule has 0 bridgehead atoms. The number of nitrogens with one attached hydrogen (secondary N) is 1. The van der Waals surface area contributed by atoms with Crippen molar-refractivity contribution in [1.82, 2.24) is 24.2 Å². The number of likely N-dealkylation sites (tertiary alicyclic amines) is 1. The Morgan fingerprint density at radius 2 is 2.05 bits per heavy atom. The van der Waals surface area contributed by atoms with E-state index in [-0.39, 0.29) is 28.9 Å². The summed E-state index contributed by atoms with van der Waals surface area (Å²) in [6, 6.07) is 3.43. The van der Waals surface area contributed by atoms with Crippen LogP contribution in [0.4, 0.5) is 10.2 Å². The Morgan fingerprint density at radius 3 is 2.68 bits per heavy atom. The van der Waals surface area contributed by atoms with Gasteiger partial charge in [0.15, 0.2) is 5.69 Å². The fourth-order valence-electron chi connectivity index (χ4n) is 5.56. The minimum atomic E-state index is -1.08. The number of benzene rings is 1. The van der Waals surface area contributed by atoms with Crippen molar-refractivity contribution in [2.24, 2.45) is 5.73 Å². The van der Waals surface area contributed by atoms with Crippen LogP contribution in [0.3, 0.4) is 0 Å². The number of primary amides is 1. The van der Waals surface area contributed by atoms with Crippen molar-refractivity contribution >= 4 is 22.8 Å². The van der Waals surface area contributed by atoms with Gasteiger partial charge in [-0.3, -0.25) is 9.69 Å². The van der Waals surface area contributed by atoms with Gasteiger partial charge in [-0.2, -0.15) is 5.10 Å². The molecular weight excluding hydrogens is 525 g/mol. The number of methoxy groups -OCH3 is 1. The number of hydrogen-bond donors (Lipinski definition) is 3.